The molecule has 0 aliphatic heterocycles. The van der Waals surface area contributed by atoms with Crippen molar-refractivity contribution in [3.05, 3.63) is 59.2 Å². The number of benzene rings is 2. The van der Waals surface area contributed by atoms with Crippen molar-refractivity contribution in [3.8, 4) is 11.5 Å². The van der Waals surface area contributed by atoms with Crippen LogP contribution in [-0.2, 0) is 11.2 Å². The molecule has 24 heavy (non-hydrogen) atoms. The zero-order valence-electron chi connectivity index (χ0n) is 14.9. The van der Waals surface area contributed by atoms with Gasteiger partial charge in [0.15, 0.2) is 0 Å². The first-order chi connectivity index (χ1) is 11.4. The lowest BCUT2D eigenvalue weighted by atomic mass is 9.90. The van der Waals surface area contributed by atoms with Crippen LogP contribution in [0.2, 0.25) is 0 Å². The Balaban J connectivity index is 2.38. The number of rotatable bonds is 7. The van der Waals surface area contributed by atoms with Crippen LogP contribution in [0.4, 0.5) is 0 Å². The third-order valence-electron chi connectivity index (χ3n) is 4.10. The molecule has 0 saturated heterocycles. The van der Waals surface area contributed by atoms with Gasteiger partial charge in [0.25, 0.3) is 0 Å². The van der Waals surface area contributed by atoms with Gasteiger partial charge in [-0.25, -0.2) is 0 Å². The molecular weight excluding hydrogens is 300 g/mol. The predicted octanol–water partition coefficient (Wildman–Crippen LogP) is 5.74. The van der Waals surface area contributed by atoms with Gasteiger partial charge in [0.2, 0.25) is 0 Å². The normalized spacial score (nSPS) is 11.1. The van der Waals surface area contributed by atoms with Gasteiger partial charge in [-0.05, 0) is 41.5 Å². The molecule has 0 aromatic heterocycles. The average Bonchev–Trinajstić information content (AvgIpc) is 2.53. The third-order valence-corrected chi connectivity index (χ3v) is 4.10. The van der Waals surface area contributed by atoms with Crippen LogP contribution in [0.3, 0.4) is 0 Å². The van der Waals surface area contributed by atoms with Crippen LogP contribution in [0.15, 0.2) is 42.5 Å². The lowest BCUT2D eigenvalue weighted by Gasteiger charge is -2.21. The van der Waals surface area contributed by atoms with Crippen molar-refractivity contribution in [2.24, 2.45) is 0 Å². The molecule has 0 aliphatic carbocycles. The Kier molecular flexibility index (Phi) is 6.02. The first-order valence-corrected chi connectivity index (χ1v) is 8.50. The highest BCUT2D eigenvalue weighted by Gasteiger charge is 2.17. The van der Waals surface area contributed by atoms with Crippen LogP contribution in [0, 0.1) is 0 Å². The largest absolute Gasteiger partial charge is 0.481 e. The minimum Gasteiger partial charge on any atom is -0.481 e. The Morgan fingerprint density at radius 3 is 2.25 bits per heavy atom. The zero-order valence-corrected chi connectivity index (χ0v) is 14.9. The minimum absolute atomic E-state index is 0.101. The highest BCUT2D eigenvalue weighted by Crippen LogP contribution is 2.37. The zero-order chi connectivity index (χ0) is 17.7. The van der Waals surface area contributed by atoms with Gasteiger partial charge >= 0.3 is 5.97 Å². The van der Waals surface area contributed by atoms with Crippen LogP contribution in [0.25, 0.3) is 0 Å². The third kappa shape index (κ3) is 4.38. The lowest BCUT2D eigenvalue weighted by molar-refractivity contribution is -0.136. The van der Waals surface area contributed by atoms with E-state index in [1.165, 1.54) is 11.1 Å². The van der Waals surface area contributed by atoms with E-state index < -0.39 is 5.97 Å². The topological polar surface area (TPSA) is 46.5 Å². The van der Waals surface area contributed by atoms with Crippen molar-refractivity contribution in [2.75, 3.05) is 0 Å². The van der Waals surface area contributed by atoms with E-state index in [1.807, 2.05) is 36.4 Å². The molecule has 0 aliphatic rings. The summed E-state index contributed by atoms with van der Waals surface area (Å²) in [7, 11) is 0. The van der Waals surface area contributed by atoms with Crippen LogP contribution >= 0.6 is 0 Å². The van der Waals surface area contributed by atoms with E-state index >= 15 is 0 Å². The quantitative estimate of drug-likeness (QED) is 0.705. The van der Waals surface area contributed by atoms with E-state index in [1.54, 1.807) is 0 Å². The number of carboxylic acids is 1. The number of hydrogen-bond donors (Lipinski definition) is 1. The molecule has 0 radical (unpaired) electrons. The number of para-hydroxylation sites is 1. The van der Waals surface area contributed by atoms with Gasteiger partial charge in [-0.2, -0.15) is 0 Å². The van der Waals surface area contributed by atoms with E-state index in [4.69, 9.17) is 9.84 Å². The molecule has 128 valence electrons. The molecule has 2 aromatic carbocycles. The van der Waals surface area contributed by atoms with Crippen molar-refractivity contribution in [1.82, 2.24) is 0 Å². The Morgan fingerprint density at radius 1 is 0.958 bits per heavy atom. The molecule has 0 atom stereocenters. The van der Waals surface area contributed by atoms with Crippen LogP contribution in [0.5, 0.6) is 11.5 Å². The number of carbonyl (C=O) groups is 1. The van der Waals surface area contributed by atoms with Crippen LogP contribution in [0.1, 0.15) is 62.6 Å². The summed E-state index contributed by atoms with van der Waals surface area (Å²) >= 11 is 0. The number of aryl methyl sites for hydroxylation is 1. The molecular formula is C21H26O3. The molecule has 0 amide bonds. The smallest absolute Gasteiger partial charge is 0.303 e. The highest BCUT2D eigenvalue weighted by atomic mass is 16.5. The Labute approximate surface area is 144 Å². The van der Waals surface area contributed by atoms with Gasteiger partial charge in [-0.15, -0.1) is 0 Å². The molecule has 0 spiro atoms. The summed E-state index contributed by atoms with van der Waals surface area (Å²) in [5.74, 6) is 1.58. The molecule has 0 heterocycles. The van der Waals surface area contributed by atoms with Gasteiger partial charge in [0.05, 0.1) is 0 Å². The van der Waals surface area contributed by atoms with Gasteiger partial charge in [-0.3, -0.25) is 4.79 Å². The Bertz CT molecular complexity index is 702. The van der Waals surface area contributed by atoms with Gasteiger partial charge in [-0.1, -0.05) is 58.0 Å². The van der Waals surface area contributed by atoms with Gasteiger partial charge in [0.1, 0.15) is 11.5 Å². The fourth-order valence-corrected chi connectivity index (χ4v) is 2.94. The van der Waals surface area contributed by atoms with Crippen LogP contribution in [-0.4, -0.2) is 11.1 Å². The number of aliphatic carboxylic acids is 1. The maximum absolute atomic E-state index is 10.9. The fourth-order valence-electron chi connectivity index (χ4n) is 2.94. The SMILES string of the molecule is CC(C)c1cccc(Oc2ccccc2CCC(=O)O)c1C(C)C. The molecule has 0 unspecified atom stereocenters. The molecule has 0 fully saturated rings. The van der Waals surface area contributed by atoms with E-state index in [9.17, 15) is 4.79 Å². The molecule has 0 bridgehead atoms. The number of carboxylic acid groups (broad SMARTS) is 1. The second-order valence-corrected chi connectivity index (χ2v) is 6.67. The summed E-state index contributed by atoms with van der Waals surface area (Å²) in [4.78, 5) is 10.9. The van der Waals surface area contributed by atoms with Gasteiger partial charge in [0, 0.05) is 12.0 Å². The first-order valence-electron chi connectivity index (χ1n) is 8.50. The molecule has 1 N–H and O–H groups in total. The summed E-state index contributed by atoms with van der Waals surface area (Å²) in [5.41, 5.74) is 3.44. The predicted molar refractivity (Wildman–Crippen MR) is 97.1 cm³/mol. The maximum Gasteiger partial charge on any atom is 0.303 e. The lowest BCUT2D eigenvalue weighted by Crippen LogP contribution is -2.03. The molecule has 3 nitrogen and oxygen atoms in total. The molecule has 2 rings (SSSR count). The standard InChI is InChI=1S/C21H26O3/c1-14(2)17-9-7-11-19(21(17)15(3)4)24-18-10-6-5-8-16(18)12-13-20(22)23/h5-11,14-15H,12-13H2,1-4H3,(H,22,23). The number of ether oxygens (including phenoxy) is 1. The van der Waals surface area contributed by atoms with Crippen molar-refractivity contribution < 1.29 is 14.6 Å². The highest BCUT2D eigenvalue weighted by molar-refractivity contribution is 5.67. The van der Waals surface area contributed by atoms with E-state index in [0.717, 1.165) is 17.1 Å². The summed E-state index contributed by atoms with van der Waals surface area (Å²) in [6, 6.07) is 13.8. The Morgan fingerprint density at radius 2 is 1.62 bits per heavy atom. The van der Waals surface area contributed by atoms with Gasteiger partial charge < -0.3 is 9.84 Å². The fraction of sp³-hybridized carbons (Fsp3) is 0.381. The summed E-state index contributed by atoms with van der Waals surface area (Å²) in [6.07, 6.45) is 0.565. The average molecular weight is 326 g/mol. The monoisotopic (exact) mass is 326 g/mol. The van der Waals surface area contributed by atoms with E-state index in [-0.39, 0.29) is 6.42 Å². The second kappa shape index (κ2) is 8.00. The molecule has 3 heteroatoms. The Hall–Kier alpha value is -2.29. The molecule has 0 saturated carbocycles. The summed E-state index contributed by atoms with van der Waals surface area (Å²) in [6.45, 7) is 8.71. The first kappa shape index (κ1) is 18.1. The van der Waals surface area contributed by atoms with Crippen molar-refractivity contribution >= 4 is 5.97 Å². The van der Waals surface area contributed by atoms with E-state index in [0.29, 0.717) is 18.3 Å². The number of hydrogen-bond acceptors (Lipinski definition) is 2. The maximum atomic E-state index is 10.9. The summed E-state index contributed by atoms with van der Waals surface area (Å²) < 4.78 is 6.23. The molecule has 2 aromatic rings. The second-order valence-electron chi connectivity index (χ2n) is 6.67. The van der Waals surface area contributed by atoms with Crippen molar-refractivity contribution in [1.29, 1.82) is 0 Å². The van der Waals surface area contributed by atoms with Crippen molar-refractivity contribution in [3.63, 3.8) is 0 Å². The van der Waals surface area contributed by atoms with E-state index in [2.05, 4.69) is 33.8 Å². The van der Waals surface area contributed by atoms with Crippen molar-refractivity contribution in [2.45, 2.75) is 52.4 Å². The van der Waals surface area contributed by atoms with Crippen LogP contribution < -0.4 is 4.74 Å². The minimum atomic E-state index is -0.797. The summed E-state index contributed by atoms with van der Waals surface area (Å²) in [5, 5.41) is 8.93.